The molecule has 1 aromatic carbocycles. The summed E-state index contributed by atoms with van der Waals surface area (Å²) in [6, 6.07) is 3.28. The topological polar surface area (TPSA) is 80.7 Å². The van der Waals surface area contributed by atoms with Gasteiger partial charge in [-0.1, -0.05) is 6.07 Å². The highest BCUT2D eigenvalue weighted by atomic mass is 32.2. The minimum atomic E-state index is -4.63. The number of carboxylic acids is 1. The maximum atomic E-state index is 11.9. The normalized spacial score (nSPS) is 12.4. The number of sulfone groups is 1. The number of aryl methyl sites for hydroxylation is 1. The van der Waals surface area contributed by atoms with Gasteiger partial charge in [0.2, 0.25) is 9.84 Å². The summed E-state index contributed by atoms with van der Waals surface area (Å²) in [7, 11) is -4.14. The average Bonchev–Trinajstić information content (AvgIpc) is 2.26. The number of carbonyl (C=O) groups is 1. The van der Waals surface area contributed by atoms with Crippen LogP contribution in [0.3, 0.4) is 0 Å². The summed E-state index contributed by atoms with van der Waals surface area (Å²) in [5, 5.41) is 8.86. The maximum absolute atomic E-state index is 11.9. The molecule has 0 bridgehead atoms. The number of rotatable bonds is 5. The molecule has 0 radical (unpaired) electrons. The molecule has 1 rings (SSSR count). The smallest absolute Gasteiger partial charge is 0.411 e. The number of hydrogen-bond donors (Lipinski definition) is 1. The lowest BCUT2D eigenvalue weighted by Gasteiger charge is -2.09. The van der Waals surface area contributed by atoms with Gasteiger partial charge in [0.25, 0.3) is 0 Å². The van der Waals surface area contributed by atoms with Crippen molar-refractivity contribution in [3.63, 3.8) is 0 Å². The van der Waals surface area contributed by atoms with Crippen molar-refractivity contribution >= 4 is 15.8 Å². The molecule has 0 fully saturated rings. The molecular formula is C11H11F3O5S. The third-order valence-electron chi connectivity index (χ3n) is 2.30. The monoisotopic (exact) mass is 312 g/mol. The van der Waals surface area contributed by atoms with Crippen LogP contribution >= 0.6 is 0 Å². The fraction of sp³-hybridized carbons (Fsp3) is 0.364. The molecule has 0 amide bonds. The molecule has 0 heterocycles. The predicted octanol–water partition coefficient (Wildman–Crippen LogP) is 2.00. The van der Waals surface area contributed by atoms with E-state index in [1.807, 2.05) is 0 Å². The number of carboxylic acid groups (broad SMARTS) is 1. The van der Waals surface area contributed by atoms with E-state index in [-0.39, 0.29) is 5.56 Å². The molecular weight excluding hydrogens is 301 g/mol. The molecule has 5 nitrogen and oxygen atoms in total. The third-order valence-corrected chi connectivity index (χ3v) is 3.75. The zero-order valence-corrected chi connectivity index (χ0v) is 11.1. The van der Waals surface area contributed by atoms with Crippen LogP contribution in [-0.4, -0.2) is 38.2 Å². The molecule has 0 spiro atoms. The first kappa shape index (κ1) is 16.4. The zero-order valence-electron chi connectivity index (χ0n) is 10.3. The van der Waals surface area contributed by atoms with Crippen LogP contribution in [0.2, 0.25) is 0 Å². The van der Waals surface area contributed by atoms with E-state index in [0.29, 0.717) is 5.56 Å². The number of aromatic carboxylic acids is 1. The van der Waals surface area contributed by atoms with Gasteiger partial charge in [-0.15, -0.1) is 0 Å². The molecule has 0 aromatic heterocycles. The molecule has 0 saturated carbocycles. The van der Waals surface area contributed by atoms with E-state index < -0.39 is 39.4 Å². The van der Waals surface area contributed by atoms with E-state index in [0.717, 1.165) is 12.1 Å². The van der Waals surface area contributed by atoms with Crippen molar-refractivity contribution in [2.24, 2.45) is 0 Å². The highest BCUT2D eigenvalue weighted by Crippen LogP contribution is 2.19. The third kappa shape index (κ3) is 4.49. The van der Waals surface area contributed by atoms with Gasteiger partial charge in [0.15, 0.2) is 5.94 Å². The number of alkyl halides is 3. The molecule has 0 aliphatic rings. The molecule has 1 aromatic rings. The van der Waals surface area contributed by atoms with Crippen molar-refractivity contribution in [1.29, 1.82) is 0 Å². The summed E-state index contributed by atoms with van der Waals surface area (Å²) in [5.74, 6) is -2.50. The van der Waals surface area contributed by atoms with Gasteiger partial charge in [0.05, 0.1) is 10.5 Å². The summed E-state index contributed by atoms with van der Waals surface area (Å²) in [6.45, 7) is -0.218. The molecule has 0 saturated heterocycles. The minimum Gasteiger partial charge on any atom is -0.478 e. The summed E-state index contributed by atoms with van der Waals surface area (Å²) < 4.78 is 63.1. The van der Waals surface area contributed by atoms with Gasteiger partial charge in [0, 0.05) is 0 Å². The second kappa shape index (κ2) is 5.80. The standard InChI is InChI=1S/C11H11F3O5S/c1-7-2-3-8(4-9(7)10(15)16)20(17,18)6-19-5-11(12,13)14/h2-4H,5-6H2,1H3,(H,15,16). The van der Waals surface area contributed by atoms with Gasteiger partial charge >= 0.3 is 12.1 Å². The molecule has 112 valence electrons. The first-order valence-electron chi connectivity index (χ1n) is 5.24. The lowest BCUT2D eigenvalue weighted by molar-refractivity contribution is -0.169. The van der Waals surface area contributed by atoms with Gasteiger partial charge < -0.3 is 9.84 Å². The van der Waals surface area contributed by atoms with Crippen molar-refractivity contribution in [3.05, 3.63) is 29.3 Å². The Bertz CT molecular complexity index is 607. The second-order valence-corrected chi connectivity index (χ2v) is 5.91. The van der Waals surface area contributed by atoms with Crippen molar-refractivity contribution in [1.82, 2.24) is 0 Å². The summed E-state index contributed by atoms with van der Waals surface area (Å²) >= 11 is 0. The highest BCUT2D eigenvalue weighted by molar-refractivity contribution is 7.91. The Kier molecular flexibility index (Phi) is 4.77. The average molecular weight is 312 g/mol. The minimum absolute atomic E-state index is 0.234. The Hall–Kier alpha value is -1.61. The van der Waals surface area contributed by atoms with Crippen LogP contribution < -0.4 is 0 Å². The summed E-state index contributed by atoms with van der Waals surface area (Å²) in [6.07, 6.45) is -4.63. The first-order chi connectivity index (χ1) is 9.03. The van der Waals surface area contributed by atoms with Gasteiger partial charge in [-0.3, -0.25) is 0 Å². The highest BCUT2D eigenvalue weighted by Gasteiger charge is 2.29. The van der Waals surface area contributed by atoms with E-state index in [9.17, 15) is 26.4 Å². The zero-order chi connectivity index (χ0) is 15.6. The Morgan fingerprint density at radius 1 is 1.35 bits per heavy atom. The SMILES string of the molecule is Cc1ccc(S(=O)(=O)COCC(F)(F)F)cc1C(=O)O. The van der Waals surface area contributed by atoms with Crippen molar-refractivity contribution < 1.29 is 36.2 Å². The van der Waals surface area contributed by atoms with Crippen molar-refractivity contribution in [2.45, 2.75) is 18.0 Å². The summed E-state index contributed by atoms with van der Waals surface area (Å²) in [4.78, 5) is 10.5. The second-order valence-electron chi connectivity index (χ2n) is 3.98. The molecule has 1 N–H and O–H groups in total. The van der Waals surface area contributed by atoms with E-state index in [1.165, 1.54) is 13.0 Å². The Morgan fingerprint density at radius 3 is 2.45 bits per heavy atom. The Balaban J connectivity index is 2.93. The van der Waals surface area contributed by atoms with Crippen molar-refractivity contribution in [2.75, 3.05) is 12.5 Å². The largest absolute Gasteiger partial charge is 0.478 e. The maximum Gasteiger partial charge on any atom is 0.411 e. The molecule has 20 heavy (non-hydrogen) atoms. The molecule has 0 aliphatic heterocycles. The van der Waals surface area contributed by atoms with Crippen LogP contribution in [0.1, 0.15) is 15.9 Å². The number of benzene rings is 1. The Morgan fingerprint density at radius 2 is 1.95 bits per heavy atom. The van der Waals surface area contributed by atoms with Crippen molar-refractivity contribution in [3.8, 4) is 0 Å². The van der Waals surface area contributed by atoms with E-state index in [1.54, 1.807) is 0 Å². The predicted molar refractivity (Wildman–Crippen MR) is 62.2 cm³/mol. The fourth-order valence-electron chi connectivity index (χ4n) is 1.36. The van der Waals surface area contributed by atoms with Crippen LogP contribution in [0.4, 0.5) is 13.2 Å². The van der Waals surface area contributed by atoms with Gasteiger partial charge in [-0.05, 0) is 24.6 Å². The number of ether oxygens (including phenoxy) is 1. The number of hydrogen-bond acceptors (Lipinski definition) is 4. The fourth-order valence-corrected chi connectivity index (χ4v) is 2.37. The Labute approximate surface area is 112 Å². The first-order valence-corrected chi connectivity index (χ1v) is 6.89. The quantitative estimate of drug-likeness (QED) is 0.899. The van der Waals surface area contributed by atoms with E-state index in [2.05, 4.69) is 4.74 Å². The number of halogens is 3. The molecule has 0 unspecified atom stereocenters. The van der Waals surface area contributed by atoms with Crippen LogP contribution in [0.25, 0.3) is 0 Å². The van der Waals surface area contributed by atoms with Crippen LogP contribution in [0.15, 0.2) is 23.1 Å². The molecule has 0 atom stereocenters. The van der Waals surface area contributed by atoms with E-state index >= 15 is 0 Å². The van der Waals surface area contributed by atoms with Crippen LogP contribution in [0, 0.1) is 6.92 Å². The van der Waals surface area contributed by atoms with Crippen LogP contribution in [0.5, 0.6) is 0 Å². The molecule has 9 heteroatoms. The molecule has 0 aliphatic carbocycles. The van der Waals surface area contributed by atoms with Gasteiger partial charge in [-0.25, -0.2) is 13.2 Å². The lowest BCUT2D eigenvalue weighted by atomic mass is 10.1. The van der Waals surface area contributed by atoms with Crippen LogP contribution in [-0.2, 0) is 14.6 Å². The lowest BCUT2D eigenvalue weighted by Crippen LogP contribution is -2.20. The summed E-state index contributed by atoms with van der Waals surface area (Å²) in [5.41, 5.74) is 0.106. The van der Waals surface area contributed by atoms with Gasteiger partial charge in [0.1, 0.15) is 6.61 Å². The van der Waals surface area contributed by atoms with E-state index in [4.69, 9.17) is 5.11 Å². The van der Waals surface area contributed by atoms with Gasteiger partial charge in [-0.2, -0.15) is 13.2 Å².